The number of nitrogen functional groups attached to an aromatic ring is 1. The van der Waals surface area contributed by atoms with E-state index in [1.54, 1.807) is 104 Å². The Bertz CT molecular complexity index is 5230. The van der Waals surface area contributed by atoms with Crippen LogP contribution in [0.1, 0.15) is 92.7 Å². The van der Waals surface area contributed by atoms with Gasteiger partial charge in [-0.1, -0.05) is 18.2 Å². The van der Waals surface area contributed by atoms with Crippen LogP contribution in [0.25, 0.3) is 67.9 Å². The summed E-state index contributed by atoms with van der Waals surface area (Å²) in [5.41, 5.74) is 21.3. The smallest absolute Gasteiger partial charge is 0.312 e. The Kier molecular flexibility index (Phi) is 35.8. The van der Waals surface area contributed by atoms with E-state index < -0.39 is 41.8 Å². The van der Waals surface area contributed by atoms with Crippen molar-refractivity contribution in [2.75, 3.05) is 37.6 Å². The van der Waals surface area contributed by atoms with Gasteiger partial charge in [0, 0.05) is 73.2 Å². The number of oxazole rings is 6. The van der Waals surface area contributed by atoms with Crippen molar-refractivity contribution in [3.63, 3.8) is 0 Å². The van der Waals surface area contributed by atoms with E-state index in [1.807, 2.05) is 114 Å². The molecule has 0 aliphatic carbocycles. The van der Waals surface area contributed by atoms with Crippen LogP contribution in [0.4, 0.5) is 39.8 Å². The number of amides is 6. The molecule has 13 rings (SSSR count). The quantitative estimate of drug-likeness (QED) is 0.0154. The summed E-state index contributed by atoms with van der Waals surface area (Å²) in [6, 6.07) is 41.5. The molecule has 0 saturated carbocycles. The molecule has 0 aliphatic heterocycles. The molecule has 0 radical (unpaired) electrons. The third-order valence-electron chi connectivity index (χ3n) is 16.2. The summed E-state index contributed by atoms with van der Waals surface area (Å²) in [5, 5.41) is 32.2. The number of aryl methyl sites for hydroxylation is 6. The lowest BCUT2D eigenvalue weighted by atomic mass is 10.1. The molecular formula is C87H84ClN13O20. The molecule has 0 unspecified atom stereocenters. The van der Waals surface area contributed by atoms with Gasteiger partial charge in [0.15, 0.2) is 72.9 Å². The summed E-state index contributed by atoms with van der Waals surface area (Å²) in [7, 11) is 0. The molecule has 0 bridgehead atoms. The molecule has 0 atom stereocenters. The normalized spacial score (nSPS) is 10.1. The molecule has 624 valence electrons. The molecule has 0 aliphatic rings. The van der Waals surface area contributed by atoms with Crippen molar-refractivity contribution in [2.24, 2.45) is 0 Å². The van der Waals surface area contributed by atoms with Gasteiger partial charge >= 0.3 is 11.9 Å². The largest absolute Gasteiger partial charge is 0.481 e. The number of aliphatic carboxylic acids is 2. The Morgan fingerprint density at radius 1 is 0.298 bits per heavy atom. The Hall–Kier alpha value is -15.7. The van der Waals surface area contributed by atoms with Crippen LogP contribution in [-0.4, -0.2) is 110 Å². The van der Waals surface area contributed by atoms with Crippen LogP contribution >= 0.6 is 11.6 Å². The number of aromatic nitrogens is 6. The van der Waals surface area contributed by atoms with Gasteiger partial charge in [-0.15, -0.1) is 0 Å². The Morgan fingerprint density at radius 3 is 0.719 bits per heavy atom. The predicted molar refractivity (Wildman–Crippen MR) is 449 cm³/mol. The third kappa shape index (κ3) is 32.2. The number of hydrogen-bond donors (Lipinski definition) is 9. The Balaban J connectivity index is 0.000000198. The molecule has 7 aromatic carbocycles. The maximum absolute atomic E-state index is 12.0. The number of nitrogens with two attached hydrogens (primary N) is 1. The van der Waals surface area contributed by atoms with Crippen molar-refractivity contribution in [3.05, 3.63) is 248 Å². The number of anilines is 7. The van der Waals surface area contributed by atoms with Gasteiger partial charge in [-0.25, -0.2) is 29.9 Å². The number of nitrogens with one attached hydrogen (secondary N) is 6. The zero-order valence-corrected chi connectivity index (χ0v) is 67.6. The van der Waals surface area contributed by atoms with Crippen LogP contribution in [0.2, 0.25) is 0 Å². The van der Waals surface area contributed by atoms with Crippen molar-refractivity contribution in [3.8, 4) is 67.9 Å². The SMILES string of the molecule is CC(=O)CC(=O)Cl.CC(=O)CC(=O)Nc1ccc(-c2cnco2)c(C)c1.CC(=O)CC(=O)Nc1ccc(-c2cnco2)c(C)c1.Cc1cc(N)ccc1-c1cnco1.Cc1cc(NC(=O)CC(=O)Nc2ccccc2)ccc1-c1cnco1.Cc1cc(NC(=O)CC(=O)O)ccc1-c1cnco1.Cc1cc(NC(=O)CC(=O)O)ccc1-c1cnco1. The molecule has 6 amide bonds. The van der Waals surface area contributed by atoms with Crippen LogP contribution in [0, 0.1) is 41.5 Å². The van der Waals surface area contributed by atoms with Gasteiger partial charge in [0.2, 0.25) is 40.7 Å². The van der Waals surface area contributed by atoms with Gasteiger partial charge in [0.1, 0.15) is 36.6 Å². The topological polar surface area (TPSA) is 500 Å². The summed E-state index contributed by atoms with van der Waals surface area (Å²) in [5.74, 6) is -1.22. The minimum absolute atomic E-state index is 0.108. The lowest BCUT2D eigenvalue weighted by Crippen LogP contribution is -2.21. The second-order valence-electron chi connectivity index (χ2n) is 26.4. The highest BCUT2D eigenvalue weighted by Gasteiger charge is 2.17. The van der Waals surface area contributed by atoms with Gasteiger partial charge in [-0.05, 0) is 229 Å². The number of para-hydroxylation sites is 1. The zero-order valence-electron chi connectivity index (χ0n) is 66.8. The van der Waals surface area contributed by atoms with Crippen molar-refractivity contribution in [1.82, 2.24) is 29.9 Å². The highest BCUT2D eigenvalue weighted by atomic mass is 35.5. The van der Waals surface area contributed by atoms with Gasteiger partial charge in [0.05, 0.1) is 56.4 Å². The Morgan fingerprint density at radius 2 is 0.521 bits per heavy atom. The average Bonchev–Trinajstić information content (AvgIpc) is 1.85. The lowest BCUT2D eigenvalue weighted by molar-refractivity contribution is -0.141. The molecule has 34 heteroatoms. The second kappa shape index (κ2) is 46.8. The van der Waals surface area contributed by atoms with Crippen molar-refractivity contribution in [2.45, 2.75) is 101 Å². The van der Waals surface area contributed by atoms with Gasteiger partial charge in [-0.2, -0.15) is 0 Å². The first-order chi connectivity index (χ1) is 57.7. The van der Waals surface area contributed by atoms with Crippen molar-refractivity contribution in [1.29, 1.82) is 0 Å². The summed E-state index contributed by atoms with van der Waals surface area (Å²) < 4.78 is 31.3. The lowest BCUT2D eigenvalue weighted by Gasteiger charge is -2.09. The monoisotopic (exact) mass is 1670 g/mol. The van der Waals surface area contributed by atoms with E-state index >= 15 is 0 Å². The summed E-state index contributed by atoms with van der Waals surface area (Å²) >= 11 is 4.81. The number of halogens is 1. The van der Waals surface area contributed by atoms with E-state index in [-0.39, 0.29) is 66.7 Å². The highest BCUT2D eigenvalue weighted by Crippen LogP contribution is 2.32. The van der Waals surface area contributed by atoms with E-state index in [9.17, 15) is 57.5 Å². The van der Waals surface area contributed by atoms with E-state index in [0.717, 1.165) is 78.2 Å². The van der Waals surface area contributed by atoms with Crippen molar-refractivity contribution >= 4 is 121 Å². The summed E-state index contributed by atoms with van der Waals surface area (Å²) in [4.78, 5) is 155. The number of nitrogens with zero attached hydrogens (tertiary/aromatic N) is 6. The standard InChI is InChI=1S/C19H17N3O3.2C14H14N2O3.2C13H12N2O4.C10H10N2O.C4H5ClO2/c1-13-9-15(7-8-16(13)17-11-20-12-25-17)22-19(24)10-18(23)21-14-5-3-2-4-6-14;2*1-9-5-11(16-14(18)6-10(2)17)3-4-12(9)13-7-15-8-19-13;2*1-8-4-9(15-12(16)5-13(17)18)2-3-10(8)11-6-14-7-19-11;1-7-4-8(11)2-3-9(7)10-5-12-6-13-10;1-3(6)2-4(5)7/h2-9,11-12H,10H2,1H3,(H,21,23)(H,22,24);2*3-5,7-8H,6H2,1-2H3,(H,16,18);2*2-4,6-7H,5H2,1H3,(H,15,16)(H,17,18);2-6H,11H2,1H3;2H2,1H3. The number of carbonyl (C=O) groups is 12. The number of carboxylic acids is 2. The number of carboxylic acid groups (broad SMARTS) is 2. The van der Waals surface area contributed by atoms with E-state index in [4.69, 9.17) is 54.1 Å². The van der Waals surface area contributed by atoms with E-state index in [2.05, 4.69) is 61.8 Å². The van der Waals surface area contributed by atoms with Crippen LogP contribution in [0.15, 0.2) is 242 Å². The molecule has 6 aromatic heterocycles. The van der Waals surface area contributed by atoms with E-state index in [0.29, 0.717) is 62.9 Å². The fourth-order valence-corrected chi connectivity index (χ4v) is 11.2. The third-order valence-corrected chi connectivity index (χ3v) is 16.3. The van der Waals surface area contributed by atoms with Crippen LogP contribution in [-0.2, 0) is 57.5 Å². The van der Waals surface area contributed by atoms with Crippen LogP contribution in [0.3, 0.4) is 0 Å². The highest BCUT2D eigenvalue weighted by molar-refractivity contribution is 6.64. The summed E-state index contributed by atoms with van der Waals surface area (Å²) in [6.07, 6.45) is 16.3. The van der Waals surface area contributed by atoms with E-state index in [1.165, 1.54) is 59.1 Å². The van der Waals surface area contributed by atoms with Gasteiger partial charge in [-0.3, -0.25) is 57.5 Å². The maximum Gasteiger partial charge on any atom is 0.312 e. The van der Waals surface area contributed by atoms with Crippen LogP contribution in [0.5, 0.6) is 0 Å². The fourth-order valence-electron chi connectivity index (χ4n) is 11.0. The number of benzene rings is 7. The number of ketones is 3. The first-order valence-corrected chi connectivity index (χ1v) is 36.8. The molecule has 33 nitrogen and oxygen atoms in total. The molecule has 13 aromatic rings. The fraction of sp³-hybridized carbons (Fsp3) is 0.172. The van der Waals surface area contributed by atoms with Crippen LogP contribution < -0.4 is 37.6 Å². The molecule has 121 heavy (non-hydrogen) atoms. The predicted octanol–water partition coefficient (Wildman–Crippen LogP) is 15.8. The zero-order chi connectivity index (χ0) is 88.1. The minimum Gasteiger partial charge on any atom is -0.481 e. The number of hydrogen-bond acceptors (Lipinski definition) is 25. The molecule has 0 spiro atoms. The molecular weight excluding hydrogens is 1580 g/mol. The molecule has 10 N–H and O–H groups in total. The average molecular weight is 1670 g/mol. The van der Waals surface area contributed by atoms with Gasteiger partial charge in [0.25, 0.3) is 0 Å². The number of Topliss-reactive ketones (excluding diaryl/α,β-unsaturated/α-hetero) is 3. The first kappa shape index (κ1) is 92.5. The number of rotatable bonds is 24. The van der Waals surface area contributed by atoms with Crippen molar-refractivity contribution < 1.29 is 94.3 Å². The first-order valence-electron chi connectivity index (χ1n) is 36.4. The number of carbonyl (C=O) groups excluding carboxylic acids is 10. The maximum atomic E-state index is 12.0. The Labute approximate surface area is 697 Å². The summed E-state index contributed by atoms with van der Waals surface area (Å²) in [6.45, 7) is 15.6. The molecule has 0 fully saturated rings. The minimum atomic E-state index is -1.16. The molecule has 6 heterocycles. The molecule has 0 saturated heterocycles. The second-order valence-corrected chi connectivity index (χ2v) is 26.8. The van der Waals surface area contributed by atoms with Gasteiger partial charge < -0.3 is 74.4 Å².